The summed E-state index contributed by atoms with van der Waals surface area (Å²) in [4.78, 5) is 0. The quantitative estimate of drug-likeness (QED) is 0.692. The predicted molar refractivity (Wildman–Crippen MR) is 48.7 cm³/mol. The lowest BCUT2D eigenvalue weighted by Crippen LogP contribution is -1.90. The molecule has 0 amide bonds. The van der Waals surface area contributed by atoms with Crippen LogP contribution in [0.5, 0.6) is 17.2 Å². The zero-order chi connectivity index (χ0) is 9.26. The summed E-state index contributed by atoms with van der Waals surface area (Å²) in [6.07, 6.45) is 0.919. The van der Waals surface area contributed by atoms with Gasteiger partial charge in [0.15, 0.2) is 0 Å². The van der Waals surface area contributed by atoms with E-state index in [1.807, 2.05) is 12.1 Å². The minimum absolute atomic E-state index is 0.735. The maximum atomic E-state index is 5.42. The molecule has 0 bridgehead atoms. The Bertz CT molecular complexity index is 320. The van der Waals surface area contributed by atoms with E-state index in [0.29, 0.717) is 0 Å². The third-order valence-corrected chi connectivity index (χ3v) is 2.21. The lowest BCUT2D eigenvalue weighted by molar-refractivity contribution is 0.352. The van der Waals surface area contributed by atoms with Gasteiger partial charge in [-0.25, -0.2) is 0 Å². The molecule has 1 aliphatic rings. The van der Waals surface area contributed by atoms with Crippen LogP contribution in [0.3, 0.4) is 0 Å². The molecule has 13 heavy (non-hydrogen) atoms. The lowest BCUT2D eigenvalue weighted by Gasteiger charge is -2.08. The minimum atomic E-state index is 0.735. The molecule has 1 aromatic rings. The van der Waals surface area contributed by atoms with Gasteiger partial charge in [0.1, 0.15) is 17.2 Å². The average molecular weight is 180 g/mol. The fourth-order valence-corrected chi connectivity index (χ4v) is 1.53. The summed E-state index contributed by atoms with van der Waals surface area (Å²) in [5.41, 5.74) is 1.14. The van der Waals surface area contributed by atoms with E-state index in [4.69, 9.17) is 14.2 Å². The molecule has 1 heterocycles. The van der Waals surface area contributed by atoms with E-state index < -0.39 is 0 Å². The highest BCUT2D eigenvalue weighted by Crippen LogP contribution is 2.37. The Morgan fingerprint density at radius 3 is 2.77 bits per heavy atom. The summed E-state index contributed by atoms with van der Waals surface area (Å²) in [7, 11) is 3.30. The first-order valence-corrected chi connectivity index (χ1v) is 4.23. The Morgan fingerprint density at radius 2 is 2.08 bits per heavy atom. The maximum absolute atomic E-state index is 5.42. The molecule has 0 aromatic heterocycles. The highest BCUT2D eigenvalue weighted by Gasteiger charge is 2.18. The average Bonchev–Trinajstić information content (AvgIpc) is 2.63. The molecule has 0 radical (unpaired) electrons. The van der Waals surface area contributed by atoms with Crippen molar-refractivity contribution >= 4 is 0 Å². The molecule has 1 aliphatic heterocycles. The third-order valence-electron chi connectivity index (χ3n) is 2.21. The summed E-state index contributed by atoms with van der Waals surface area (Å²) < 4.78 is 15.8. The molecule has 3 heteroatoms. The molecule has 0 saturated carbocycles. The zero-order valence-corrected chi connectivity index (χ0v) is 7.79. The first kappa shape index (κ1) is 8.23. The van der Waals surface area contributed by atoms with Crippen LogP contribution in [0.4, 0.5) is 0 Å². The second kappa shape index (κ2) is 3.17. The third kappa shape index (κ3) is 1.30. The van der Waals surface area contributed by atoms with E-state index in [1.54, 1.807) is 14.2 Å². The van der Waals surface area contributed by atoms with Crippen LogP contribution in [-0.2, 0) is 6.42 Å². The summed E-state index contributed by atoms with van der Waals surface area (Å²) in [6, 6.07) is 3.78. The van der Waals surface area contributed by atoms with Crippen molar-refractivity contribution in [2.45, 2.75) is 6.42 Å². The van der Waals surface area contributed by atoms with Gasteiger partial charge in [-0.05, 0) is 0 Å². The van der Waals surface area contributed by atoms with Crippen LogP contribution < -0.4 is 14.2 Å². The van der Waals surface area contributed by atoms with Crippen molar-refractivity contribution in [1.29, 1.82) is 0 Å². The first-order valence-electron chi connectivity index (χ1n) is 4.23. The maximum Gasteiger partial charge on any atom is 0.130 e. The molecule has 0 saturated heterocycles. The van der Waals surface area contributed by atoms with Gasteiger partial charge in [0, 0.05) is 24.1 Å². The predicted octanol–water partition coefficient (Wildman–Crippen LogP) is 1.64. The monoisotopic (exact) mass is 180 g/mol. The van der Waals surface area contributed by atoms with E-state index in [1.165, 1.54) is 0 Å². The molecule has 0 fully saturated rings. The van der Waals surface area contributed by atoms with Crippen molar-refractivity contribution in [3.63, 3.8) is 0 Å². The van der Waals surface area contributed by atoms with Crippen molar-refractivity contribution in [2.24, 2.45) is 0 Å². The molecule has 3 nitrogen and oxygen atoms in total. The van der Waals surface area contributed by atoms with Crippen LogP contribution >= 0.6 is 0 Å². The van der Waals surface area contributed by atoms with Gasteiger partial charge in [-0.2, -0.15) is 0 Å². The molecular formula is C10H12O3. The Hall–Kier alpha value is -1.38. The summed E-state index contributed by atoms with van der Waals surface area (Å²) >= 11 is 0. The molecule has 0 atom stereocenters. The highest BCUT2D eigenvalue weighted by atomic mass is 16.5. The molecule has 2 rings (SSSR count). The molecule has 0 unspecified atom stereocenters. The normalized spacial score (nSPS) is 13.4. The van der Waals surface area contributed by atoms with E-state index in [2.05, 4.69) is 0 Å². The number of fused-ring (bicyclic) bond motifs is 1. The number of methoxy groups -OCH3 is 2. The molecule has 0 N–H and O–H groups in total. The van der Waals surface area contributed by atoms with Gasteiger partial charge in [-0.1, -0.05) is 0 Å². The topological polar surface area (TPSA) is 27.7 Å². The SMILES string of the molecule is COc1cc(OC)c2c(c1)OCC2. The molecule has 70 valence electrons. The minimum Gasteiger partial charge on any atom is -0.496 e. The van der Waals surface area contributed by atoms with Crippen molar-refractivity contribution in [3.05, 3.63) is 17.7 Å². The molecule has 1 aromatic carbocycles. The van der Waals surface area contributed by atoms with Crippen LogP contribution in [0.1, 0.15) is 5.56 Å². The summed E-state index contributed by atoms with van der Waals surface area (Å²) in [6.45, 7) is 0.735. The van der Waals surface area contributed by atoms with Gasteiger partial charge < -0.3 is 14.2 Å². The standard InChI is InChI=1S/C10H12O3/c1-11-7-5-9(12-2)8-3-4-13-10(8)6-7/h5-6H,3-4H2,1-2H3. The molecule has 0 spiro atoms. The lowest BCUT2D eigenvalue weighted by atomic mass is 10.1. The van der Waals surface area contributed by atoms with Gasteiger partial charge in [-0.3, -0.25) is 0 Å². The van der Waals surface area contributed by atoms with Gasteiger partial charge in [0.05, 0.1) is 20.8 Å². The van der Waals surface area contributed by atoms with Gasteiger partial charge in [0.25, 0.3) is 0 Å². The smallest absolute Gasteiger partial charge is 0.130 e. The van der Waals surface area contributed by atoms with Gasteiger partial charge in [0.2, 0.25) is 0 Å². The zero-order valence-electron chi connectivity index (χ0n) is 7.79. The Kier molecular flexibility index (Phi) is 2.00. The van der Waals surface area contributed by atoms with Gasteiger partial charge in [-0.15, -0.1) is 0 Å². The Labute approximate surface area is 77.2 Å². The fraction of sp³-hybridized carbons (Fsp3) is 0.400. The number of rotatable bonds is 2. The number of hydrogen-bond acceptors (Lipinski definition) is 3. The van der Waals surface area contributed by atoms with E-state index in [-0.39, 0.29) is 0 Å². The van der Waals surface area contributed by atoms with Crippen LogP contribution in [0.15, 0.2) is 12.1 Å². The second-order valence-corrected chi connectivity index (χ2v) is 2.90. The summed E-state index contributed by atoms with van der Waals surface area (Å²) in [5.74, 6) is 2.51. The largest absolute Gasteiger partial charge is 0.496 e. The number of benzene rings is 1. The van der Waals surface area contributed by atoms with Crippen molar-refractivity contribution in [2.75, 3.05) is 20.8 Å². The number of hydrogen-bond donors (Lipinski definition) is 0. The first-order chi connectivity index (χ1) is 6.35. The Morgan fingerprint density at radius 1 is 1.23 bits per heavy atom. The summed E-state index contributed by atoms with van der Waals surface area (Å²) in [5, 5.41) is 0. The highest BCUT2D eigenvalue weighted by molar-refractivity contribution is 5.52. The van der Waals surface area contributed by atoms with Gasteiger partial charge >= 0.3 is 0 Å². The van der Waals surface area contributed by atoms with E-state index in [9.17, 15) is 0 Å². The van der Waals surface area contributed by atoms with Crippen LogP contribution in [0, 0.1) is 0 Å². The van der Waals surface area contributed by atoms with Crippen LogP contribution in [0.25, 0.3) is 0 Å². The van der Waals surface area contributed by atoms with E-state index >= 15 is 0 Å². The van der Waals surface area contributed by atoms with Crippen molar-refractivity contribution in [3.8, 4) is 17.2 Å². The van der Waals surface area contributed by atoms with Crippen molar-refractivity contribution < 1.29 is 14.2 Å². The number of ether oxygens (including phenoxy) is 3. The molecule has 0 aliphatic carbocycles. The molecular weight excluding hydrogens is 168 g/mol. The fourth-order valence-electron chi connectivity index (χ4n) is 1.53. The Balaban J connectivity index is 2.49. The van der Waals surface area contributed by atoms with Crippen LogP contribution in [0.2, 0.25) is 0 Å². The van der Waals surface area contributed by atoms with Crippen molar-refractivity contribution in [1.82, 2.24) is 0 Å². The second-order valence-electron chi connectivity index (χ2n) is 2.90. The van der Waals surface area contributed by atoms with Crippen LogP contribution in [-0.4, -0.2) is 20.8 Å². The van der Waals surface area contributed by atoms with E-state index in [0.717, 1.165) is 35.8 Å².